The lowest BCUT2D eigenvalue weighted by Gasteiger charge is -2.26. The van der Waals surface area contributed by atoms with Gasteiger partial charge < -0.3 is 4.74 Å². The van der Waals surface area contributed by atoms with E-state index in [0.29, 0.717) is 6.42 Å². The third-order valence-electron chi connectivity index (χ3n) is 2.52. The molecule has 0 amide bonds. The van der Waals surface area contributed by atoms with Gasteiger partial charge >= 0.3 is 5.97 Å². The number of terminal acetylenes is 1. The van der Waals surface area contributed by atoms with Crippen molar-refractivity contribution in [3.8, 4) is 12.3 Å². The maximum atomic E-state index is 11.1. The fraction of sp³-hybridized carbons (Fsp3) is 0.267. The monoisotopic (exact) mass is 228 g/mol. The van der Waals surface area contributed by atoms with E-state index in [4.69, 9.17) is 11.2 Å². The van der Waals surface area contributed by atoms with Crippen LogP contribution in [-0.2, 0) is 21.6 Å². The molecule has 0 spiro atoms. The standard InChI is InChI=1S/C15H16O2/c1-5-9-13-10-7-8-11-14(13)15(4,6-2)17-12(3)16/h2,5,7-8,10-11H,1,9H2,3-4H3. The van der Waals surface area contributed by atoms with Crippen LogP contribution in [0.1, 0.15) is 25.0 Å². The van der Waals surface area contributed by atoms with E-state index in [0.717, 1.165) is 11.1 Å². The van der Waals surface area contributed by atoms with Crippen molar-refractivity contribution < 1.29 is 9.53 Å². The van der Waals surface area contributed by atoms with Crippen LogP contribution in [0.3, 0.4) is 0 Å². The highest BCUT2D eigenvalue weighted by Gasteiger charge is 2.29. The van der Waals surface area contributed by atoms with E-state index < -0.39 is 5.60 Å². The summed E-state index contributed by atoms with van der Waals surface area (Å²) in [5, 5.41) is 0. The molecule has 0 bridgehead atoms. The van der Waals surface area contributed by atoms with Crippen LogP contribution in [0.4, 0.5) is 0 Å². The summed E-state index contributed by atoms with van der Waals surface area (Å²) < 4.78 is 5.25. The van der Waals surface area contributed by atoms with Gasteiger partial charge in [0.15, 0.2) is 5.60 Å². The minimum absolute atomic E-state index is 0.390. The Morgan fingerprint density at radius 1 is 1.59 bits per heavy atom. The van der Waals surface area contributed by atoms with Crippen LogP contribution in [0.25, 0.3) is 0 Å². The van der Waals surface area contributed by atoms with Crippen molar-refractivity contribution in [3.63, 3.8) is 0 Å². The Bertz CT molecular complexity index is 468. The minimum Gasteiger partial charge on any atom is -0.442 e. The minimum atomic E-state index is -1.02. The lowest BCUT2D eigenvalue weighted by Crippen LogP contribution is -2.27. The van der Waals surface area contributed by atoms with Gasteiger partial charge in [0.25, 0.3) is 0 Å². The summed E-state index contributed by atoms with van der Waals surface area (Å²) in [6.45, 7) is 6.78. The van der Waals surface area contributed by atoms with Crippen molar-refractivity contribution in [2.45, 2.75) is 25.9 Å². The topological polar surface area (TPSA) is 26.3 Å². The third kappa shape index (κ3) is 2.98. The van der Waals surface area contributed by atoms with Crippen LogP contribution in [-0.4, -0.2) is 5.97 Å². The van der Waals surface area contributed by atoms with E-state index in [-0.39, 0.29) is 5.97 Å². The molecule has 0 saturated heterocycles. The lowest BCUT2D eigenvalue weighted by molar-refractivity contribution is -0.151. The Morgan fingerprint density at radius 3 is 2.76 bits per heavy atom. The van der Waals surface area contributed by atoms with E-state index in [1.54, 1.807) is 13.0 Å². The number of rotatable bonds is 4. The number of hydrogen-bond acceptors (Lipinski definition) is 2. The third-order valence-corrected chi connectivity index (χ3v) is 2.52. The lowest BCUT2D eigenvalue weighted by atomic mass is 9.90. The maximum Gasteiger partial charge on any atom is 0.304 e. The molecule has 2 heteroatoms. The summed E-state index contributed by atoms with van der Waals surface area (Å²) in [6, 6.07) is 7.63. The fourth-order valence-corrected chi connectivity index (χ4v) is 1.77. The number of benzene rings is 1. The number of allylic oxidation sites excluding steroid dienone is 1. The molecule has 1 unspecified atom stereocenters. The first-order valence-corrected chi connectivity index (χ1v) is 5.40. The first kappa shape index (κ1) is 13.1. The second-order valence-electron chi connectivity index (χ2n) is 3.92. The van der Waals surface area contributed by atoms with Gasteiger partial charge in [-0.1, -0.05) is 36.3 Å². The zero-order valence-electron chi connectivity index (χ0n) is 10.2. The Hall–Kier alpha value is -2.01. The van der Waals surface area contributed by atoms with Crippen molar-refractivity contribution in [1.82, 2.24) is 0 Å². The molecule has 0 N–H and O–H groups in total. The Balaban J connectivity index is 3.24. The van der Waals surface area contributed by atoms with Crippen LogP contribution in [0.5, 0.6) is 0 Å². The number of carbonyl (C=O) groups excluding carboxylic acids is 1. The molecule has 0 heterocycles. The molecular formula is C15H16O2. The van der Waals surface area contributed by atoms with Crippen LogP contribution < -0.4 is 0 Å². The highest BCUT2D eigenvalue weighted by molar-refractivity contribution is 5.67. The quantitative estimate of drug-likeness (QED) is 0.450. The fourth-order valence-electron chi connectivity index (χ4n) is 1.77. The molecule has 0 saturated carbocycles. The number of ether oxygens (including phenoxy) is 1. The molecular weight excluding hydrogens is 212 g/mol. The Morgan fingerprint density at radius 2 is 2.24 bits per heavy atom. The zero-order chi connectivity index (χ0) is 12.9. The van der Waals surface area contributed by atoms with Crippen molar-refractivity contribution in [2.75, 3.05) is 0 Å². The molecule has 1 rings (SSSR count). The number of esters is 1. The van der Waals surface area contributed by atoms with Crippen LogP contribution in [0.15, 0.2) is 36.9 Å². The van der Waals surface area contributed by atoms with Crippen molar-refractivity contribution in [3.05, 3.63) is 48.0 Å². The molecule has 88 valence electrons. The van der Waals surface area contributed by atoms with Gasteiger partial charge in [0, 0.05) is 12.5 Å². The van der Waals surface area contributed by atoms with Gasteiger partial charge in [-0.15, -0.1) is 13.0 Å². The second kappa shape index (κ2) is 5.36. The number of hydrogen-bond donors (Lipinski definition) is 0. The van der Waals surface area contributed by atoms with Crippen molar-refractivity contribution in [1.29, 1.82) is 0 Å². The van der Waals surface area contributed by atoms with Gasteiger partial charge in [-0.25, -0.2) is 0 Å². The molecule has 0 aliphatic rings. The smallest absolute Gasteiger partial charge is 0.304 e. The molecule has 0 aromatic heterocycles. The van der Waals surface area contributed by atoms with E-state index in [1.807, 2.05) is 24.3 Å². The molecule has 0 aliphatic heterocycles. The van der Waals surface area contributed by atoms with Gasteiger partial charge in [-0.3, -0.25) is 4.79 Å². The average molecular weight is 228 g/mol. The zero-order valence-corrected chi connectivity index (χ0v) is 10.2. The van der Waals surface area contributed by atoms with E-state index >= 15 is 0 Å². The number of carbonyl (C=O) groups is 1. The molecule has 1 aromatic carbocycles. The van der Waals surface area contributed by atoms with Gasteiger partial charge in [-0.05, 0) is 18.9 Å². The summed E-state index contributed by atoms with van der Waals surface area (Å²) in [6.07, 6.45) is 7.98. The summed E-state index contributed by atoms with van der Waals surface area (Å²) in [7, 11) is 0. The van der Waals surface area contributed by atoms with Crippen LogP contribution in [0, 0.1) is 12.3 Å². The molecule has 1 aromatic rings. The van der Waals surface area contributed by atoms with Gasteiger partial charge in [-0.2, -0.15) is 0 Å². The van der Waals surface area contributed by atoms with Crippen molar-refractivity contribution >= 4 is 5.97 Å². The SMILES string of the molecule is C#CC(C)(OC(C)=O)c1ccccc1CC=C. The first-order valence-electron chi connectivity index (χ1n) is 5.40. The van der Waals surface area contributed by atoms with Crippen LogP contribution >= 0.6 is 0 Å². The molecule has 0 aliphatic carbocycles. The highest BCUT2D eigenvalue weighted by Crippen LogP contribution is 2.28. The first-order chi connectivity index (χ1) is 8.03. The predicted molar refractivity (Wildman–Crippen MR) is 68.3 cm³/mol. The molecule has 0 fully saturated rings. The Kier molecular flexibility index (Phi) is 4.12. The molecule has 0 radical (unpaired) electrons. The van der Waals surface area contributed by atoms with E-state index in [9.17, 15) is 4.79 Å². The van der Waals surface area contributed by atoms with E-state index in [2.05, 4.69) is 12.5 Å². The largest absolute Gasteiger partial charge is 0.442 e. The van der Waals surface area contributed by atoms with Crippen molar-refractivity contribution in [2.24, 2.45) is 0 Å². The highest BCUT2D eigenvalue weighted by atomic mass is 16.6. The van der Waals surface area contributed by atoms with Gasteiger partial charge in [0.05, 0.1) is 0 Å². The van der Waals surface area contributed by atoms with E-state index in [1.165, 1.54) is 6.92 Å². The van der Waals surface area contributed by atoms with Crippen LogP contribution in [0.2, 0.25) is 0 Å². The summed E-state index contributed by atoms with van der Waals surface area (Å²) in [5.41, 5.74) is 0.827. The molecule has 1 atom stereocenters. The molecule has 17 heavy (non-hydrogen) atoms. The predicted octanol–water partition coefficient (Wildman–Crippen LogP) is 2.83. The second-order valence-corrected chi connectivity index (χ2v) is 3.92. The molecule has 2 nitrogen and oxygen atoms in total. The average Bonchev–Trinajstić information content (AvgIpc) is 2.29. The van der Waals surface area contributed by atoms with Gasteiger partial charge in [0.1, 0.15) is 0 Å². The summed E-state index contributed by atoms with van der Waals surface area (Å²) in [5.74, 6) is 2.16. The normalized spacial score (nSPS) is 13.2. The maximum absolute atomic E-state index is 11.1. The Labute approximate surface area is 102 Å². The summed E-state index contributed by atoms with van der Waals surface area (Å²) in [4.78, 5) is 11.1. The van der Waals surface area contributed by atoms with Gasteiger partial charge in [0.2, 0.25) is 0 Å². The summed E-state index contributed by atoms with van der Waals surface area (Å²) >= 11 is 0.